The Morgan fingerprint density at radius 2 is 1.82 bits per heavy atom. The van der Waals surface area contributed by atoms with Crippen LogP contribution in [0.5, 0.6) is 5.75 Å². The number of hydrogen-bond acceptors (Lipinski definition) is 3. The van der Waals surface area contributed by atoms with E-state index in [2.05, 4.69) is 0 Å². The molecule has 0 radical (unpaired) electrons. The third kappa shape index (κ3) is 4.50. The average Bonchev–Trinajstić information content (AvgIpc) is 2.51. The van der Waals surface area contributed by atoms with Crippen molar-refractivity contribution in [2.24, 2.45) is 0 Å². The molecule has 0 aliphatic heterocycles. The largest absolute Gasteiger partial charge is 0.479 e. The maximum atomic E-state index is 11.7. The maximum Gasteiger partial charge on any atom is 0.347 e. The van der Waals surface area contributed by atoms with Crippen LogP contribution < -0.4 is 4.74 Å². The number of para-hydroxylation sites is 1. The third-order valence-electron chi connectivity index (χ3n) is 3.20. The van der Waals surface area contributed by atoms with Gasteiger partial charge in [-0.25, -0.2) is 4.79 Å². The Morgan fingerprint density at radius 1 is 1.14 bits per heavy atom. The number of halogens is 1. The van der Waals surface area contributed by atoms with E-state index in [1.165, 1.54) is 0 Å². The Hall–Kier alpha value is -2.00. The summed E-state index contributed by atoms with van der Waals surface area (Å²) in [6.45, 7) is 3.81. The van der Waals surface area contributed by atoms with Gasteiger partial charge in [-0.15, -0.1) is 0 Å². The second kappa shape index (κ2) is 7.85. The minimum Gasteiger partial charge on any atom is -0.479 e. The topological polar surface area (TPSA) is 35.5 Å². The zero-order chi connectivity index (χ0) is 15.9. The molecule has 0 fully saturated rings. The van der Waals surface area contributed by atoms with Gasteiger partial charge in [0.2, 0.25) is 0 Å². The molecule has 0 aromatic heterocycles. The summed E-state index contributed by atoms with van der Waals surface area (Å²) in [5, 5.41) is 0.712. The van der Waals surface area contributed by atoms with Gasteiger partial charge in [0.05, 0.1) is 6.61 Å². The van der Waals surface area contributed by atoms with Gasteiger partial charge in [-0.2, -0.15) is 0 Å². The first-order valence-corrected chi connectivity index (χ1v) is 7.63. The smallest absolute Gasteiger partial charge is 0.347 e. The van der Waals surface area contributed by atoms with E-state index in [1.807, 2.05) is 48.5 Å². The van der Waals surface area contributed by atoms with Gasteiger partial charge in [0.25, 0.3) is 0 Å². The van der Waals surface area contributed by atoms with E-state index in [0.29, 0.717) is 23.8 Å². The molecular weight excluding hydrogens is 300 g/mol. The van der Waals surface area contributed by atoms with Gasteiger partial charge in [-0.1, -0.05) is 41.9 Å². The molecule has 2 rings (SSSR count). The number of carbonyl (C=O) groups excluding carboxylic acids is 1. The van der Waals surface area contributed by atoms with Crippen LogP contribution in [-0.2, 0) is 16.0 Å². The minimum absolute atomic E-state index is 0.346. The van der Waals surface area contributed by atoms with Crippen LogP contribution in [0.2, 0.25) is 5.02 Å². The highest BCUT2D eigenvalue weighted by Gasteiger charge is 2.17. The van der Waals surface area contributed by atoms with Gasteiger partial charge >= 0.3 is 5.97 Å². The standard InChI is InChI=1S/C18H19ClO3/c1-3-21-18(20)13(2)22-17-7-5-4-6-15(17)12-14-8-10-16(19)11-9-14/h4-11,13H,3,12H2,1-2H3. The van der Waals surface area contributed by atoms with E-state index in [1.54, 1.807) is 13.8 Å². The first kappa shape index (κ1) is 16.4. The van der Waals surface area contributed by atoms with Crippen LogP contribution in [0.3, 0.4) is 0 Å². The molecule has 0 saturated carbocycles. The van der Waals surface area contributed by atoms with Crippen LogP contribution in [-0.4, -0.2) is 18.7 Å². The fourth-order valence-corrected chi connectivity index (χ4v) is 2.21. The van der Waals surface area contributed by atoms with Gasteiger partial charge < -0.3 is 9.47 Å². The Kier molecular flexibility index (Phi) is 5.84. The molecule has 0 aliphatic rings. The van der Waals surface area contributed by atoms with Crippen LogP contribution in [0.25, 0.3) is 0 Å². The van der Waals surface area contributed by atoms with Crippen LogP contribution in [0, 0.1) is 0 Å². The summed E-state index contributed by atoms with van der Waals surface area (Å²) >= 11 is 5.90. The second-order valence-electron chi connectivity index (χ2n) is 4.92. The molecule has 0 aliphatic carbocycles. The first-order valence-electron chi connectivity index (χ1n) is 7.25. The predicted molar refractivity (Wildman–Crippen MR) is 87.4 cm³/mol. The van der Waals surface area contributed by atoms with E-state index in [0.717, 1.165) is 11.1 Å². The summed E-state index contributed by atoms with van der Waals surface area (Å²) in [6.07, 6.45) is 0.0782. The van der Waals surface area contributed by atoms with Crippen molar-refractivity contribution in [2.45, 2.75) is 26.4 Å². The molecule has 0 bridgehead atoms. The van der Waals surface area contributed by atoms with Crippen molar-refractivity contribution in [3.8, 4) is 5.75 Å². The first-order chi connectivity index (χ1) is 10.6. The van der Waals surface area contributed by atoms with Crippen LogP contribution in [0.1, 0.15) is 25.0 Å². The van der Waals surface area contributed by atoms with Crippen molar-refractivity contribution in [3.63, 3.8) is 0 Å². The average molecular weight is 319 g/mol. The molecule has 0 heterocycles. The Labute approximate surface area is 135 Å². The maximum absolute atomic E-state index is 11.7. The number of benzene rings is 2. The Morgan fingerprint density at radius 3 is 2.50 bits per heavy atom. The Balaban J connectivity index is 2.12. The minimum atomic E-state index is -0.633. The van der Waals surface area contributed by atoms with Crippen molar-refractivity contribution >= 4 is 17.6 Å². The molecule has 3 nitrogen and oxygen atoms in total. The quantitative estimate of drug-likeness (QED) is 0.746. The molecular formula is C18H19ClO3. The fraction of sp³-hybridized carbons (Fsp3) is 0.278. The molecule has 0 spiro atoms. The van der Waals surface area contributed by atoms with Crippen molar-refractivity contribution in [2.75, 3.05) is 6.61 Å². The van der Waals surface area contributed by atoms with Gasteiger partial charge in [0.1, 0.15) is 5.75 Å². The van der Waals surface area contributed by atoms with E-state index < -0.39 is 6.10 Å². The monoisotopic (exact) mass is 318 g/mol. The van der Waals surface area contributed by atoms with E-state index in [9.17, 15) is 4.79 Å². The lowest BCUT2D eigenvalue weighted by Gasteiger charge is -2.16. The summed E-state index contributed by atoms with van der Waals surface area (Å²) in [5.74, 6) is 0.335. The molecule has 2 aromatic rings. The van der Waals surface area contributed by atoms with Crippen LogP contribution in [0.4, 0.5) is 0 Å². The normalized spacial score (nSPS) is 11.8. The number of carbonyl (C=O) groups is 1. The van der Waals surface area contributed by atoms with E-state index >= 15 is 0 Å². The second-order valence-corrected chi connectivity index (χ2v) is 5.36. The fourth-order valence-electron chi connectivity index (χ4n) is 2.09. The predicted octanol–water partition coefficient (Wildman–Crippen LogP) is 4.26. The van der Waals surface area contributed by atoms with Crippen molar-refractivity contribution in [3.05, 3.63) is 64.7 Å². The van der Waals surface area contributed by atoms with E-state index in [4.69, 9.17) is 21.1 Å². The molecule has 0 amide bonds. The third-order valence-corrected chi connectivity index (χ3v) is 3.45. The number of rotatable bonds is 6. The lowest BCUT2D eigenvalue weighted by atomic mass is 10.0. The van der Waals surface area contributed by atoms with Crippen molar-refractivity contribution in [1.82, 2.24) is 0 Å². The number of esters is 1. The molecule has 4 heteroatoms. The SMILES string of the molecule is CCOC(=O)C(C)Oc1ccccc1Cc1ccc(Cl)cc1. The van der Waals surface area contributed by atoms with Gasteiger partial charge in [-0.3, -0.25) is 0 Å². The molecule has 2 aromatic carbocycles. The molecule has 0 saturated heterocycles. The zero-order valence-corrected chi connectivity index (χ0v) is 13.5. The zero-order valence-electron chi connectivity index (χ0n) is 12.7. The number of hydrogen-bond donors (Lipinski definition) is 0. The summed E-state index contributed by atoms with van der Waals surface area (Å²) in [7, 11) is 0. The molecule has 1 unspecified atom stereocenters. The highest BCUT2D eigenvalue weighted by Crippen LogP contribution is 2.23. The summed E-state index contributed by atoms with van der Waals surface area (Å²) in [5.41, 5.74) is 2.14. The number of ether oxygens (including phenoxy) is 2. The Bertz CT molecular complexity index is 622. The molecule has 0 N–H and O–H groups in total. The molecule has 22 heavy (non-hydrogen) atoms. The lowest BCUT2D eigenvalue weighted by molar-refractivity contribution is -0.150. The van der Waals surface area contributed by atoms with Crippen LogP contribution >= 0.6 is 11.6 Å². The van der Waals surface area contributed by atoms with Crippen molar-refractivity contribution < 1.29 is 14.3 Å². The summed E-state index contributed by atoms with van der Waals surface area (Å²) in [6, 6.07) is 15.4. The van der Waals surface area contributed by atoms with Crippen molar-refractivity contribution in [1.29, 1.82) is 0 Å². The van der Waals surface area contributed by atoms with Crippen LogP contribution in [0.15, 0.2) is 48.5 Å². The lowest BCUT2D eigenvalue weighted by Crippen LogP contribution is -2.26. The summed E-state index contributed by atoms with van der Waals surface area (Å²) < 4.78 is 10.7. The highest BCUT2D eigenvalue weighted by atomic mass is 35.5. The van der Waals surface area contributed by atoms with Gasteiger partial charge in [0, 0.05) is 11.4 Å². The van der Waals surface area contributed by atoms with Gasteiger partial charge in [-0.05, 0) is 43.2 Å². The molecule has 1 atom stereocenters. The summed E-state index contributed by atoms with van der Waals surface area (Å²) in [4.78, 5) is 11.7. The molecule has 116 valence electrons. The van der Waals surface area contributed by atoms with E-state index in [-0.39, 0.29) is 5.97 Å². The van der Waals surface area contributed by atoms with Gasteiger partial charge in [0.15, 0.2) is 6.10 Å². The highest BCUT2D eigenvalue weighted by molar-refractivity contribution is 6.30.